The van der Waals surface area contributed by atoms with E-state index in [1.54, 1.807) is 32.4 Å². The van der Waals surface area contributed by atoms with Gasteiger partial charge in [0.1, 0.15) is 0 Å². The second-order valence-electron chi connectivity index (χ2n) is 5.76. The van der Waals surface area contributed by atoms with Gasteiger partial charge in [-0.15, -0.1) is 0 Å². The largest absolute Gasteiger partial charge is 0.493 e. The number of benzene rings is 1. The smallest absolute Gasteiger partial charge is 0.305 e. The summed E-state index contributed by atoms with van der Waals surface area (Å²) in [5.41, 5.74) is 0.465. The summed E-state index contributed by atoms with van der Waals surface area (Å²) in [6.45, 7) is 0.166. The van der Waals surface area contributed by atoms with Gasteiger partial charge < -0.3 is 19.5 Å². The maximum Gasteiger partial charge on any atom is 0.305 e. The molecule has 6 nitrogen and oxygen atoms in total. The third kappa shape index (κ3) is 4.61. The number of carboxylic acids is 1. The van der Waals surface area contributed by atoms with Gasteiger partial charge in [-0.25, -0.2) is 0 Å². The molecule has 0 radical (unpaired) electrons. The summed E-state index contributed by atoms with van der Waals surface area (Å²) in [6, 6.07) is 5.05. The monoisotopic (exact) mass is 321 g/mol. The first-order chi connectivity index (χ1) is 11.0. The molecule has 1 saturated carbocycles. The third-order valence-corrected chi connectivity index (χ3v) is 4.01. The minimum atomic E-state index is -0.926. The van der Waals surface area contributed by atoms with E-state index < -0.39 is 5.97 Å². The van der Waals surface area contributed by atoms with E-state index in [1.807, 2.05) is 0 Å². The number of nitrogens with zero attached hydrogens (tertiary/aromatic N) is 1. The number of amides is 1. The number of aliphatic carboxylic acids is 1. The SMILES string of the molecule is COc1ccc(C(=O)N(C)CCC(=O)O)cc1OC1CCCC1. The topological polar surface area (TPSA) is 76.1 Å². The van der Waals surface area contributed by atoms with Crippen molar-refractivity contribution in [2.45, 2.75) is 38.2 Å². The van der Waals surface area contributed by atoms with Gasteiger partial charge in [-0.05, 0) is 43.9 Å². The zero-order chi connectivity index (χ0) is 16.8. The number of methoxy groups -OCH3 is 1. The van der Waals surface area contributed by atoms with Gasteiger partial charge in [0.15, 0.2) is 11.5 Å². The van der Waals surface area contributed by atoms with E-state index >= 15 is 0 Å². The van der Waals surface area contributed by atoms with Gasteiger partial charge in [0.2, 0.25) is 0 Å². The van der Waals surface area contributed by atoms with Gasteiger partial charge in [-0.3, -0.25) is 9.59 Å². The number of ether oxygens (including phenoxy) is 2. The lowest BCUT2D eigenvalue weighted by Gasteiger charge is -2.19. The highest BCUT2D eigenvalue weighted by Gasteiger charge is 2.20. The zero-order valence-electron chi connectivity index (χ0n) is 13.6. The normalized spacial score (nSPS) is 14.5. The number of hydrogen-bond donors (Lipinski definition) is 1. The maximum atomic E-state index is 12.4. The predicted molar refractivity (Wildman–Crippen MR) is 85.1 cm³/mol. The molecule has 126 valence electrons. The molecule has 0 spiro atoms. The van der Waals surface area contributed by atoms with Crippen LogP contribution in [0.25, 0.3) is 0 Å². The average Bonchev–Trinajstić information content (AvgIpc) is 3.04. The first-order valence-electron chi connectivity index (χ1n) is 7.83. The fourth-order valence-electron chi connectivity index (χ4n) is 2.67. The van der Waals surface area contributed by atoms with Crippen molar-refractivity contribution in [1.29, 1.82) is 0 Å². The van der Waals surface area contributed by atoms with Gasteiger partial charge in [0.05, 0.1) is 19.6 Å². The molecule has 1 amide bonds. The van der Waals surface area contributed by atoms with Gasteiger partial charge >= 0.3 is 5.97 Å². The predicted octanol–water partition coefficient (Wildman–Crippen LogP) is 2.56. The minimum absolute atomic E-state index is 0.0795. The standard InChI is InChI=1S/C17H23NO5/c1-18(10-9-16(19)20)17(21)12-7-8-14(22-2)15(11-12)23-13-5-3-4-6-13/h7-8,11,13H,3-6,9-10H2,1-2H3,(H,19,20). The Labute approximate surface area is 136 Å². The van der Waals surface area contributed by atoms with Crippen molar-refractivity contribution in [3.05, 3.63) is 23.8 Å². The number of rotatable bonds is 7. The summed E-state index contributed by atoms with van der Waals surface area (Å²) in [5.74, 6) is 0.00772. The Morgan fingerprint density at radius 3 is 2.57 bits per heavy atom. The average molecular weight is 321 g/mol. The number of carbonyl (C=O) groups excluding carboxylic acids is 1. The van der Waals surface area contributed by atoms with Gasteiger partial charge in [-0.1, -0.05) is 0 Å². The molecule has 1 aromatic carbocycles. The van der Waals surface area contributed by atoms with Crippen molar-refractivity contribution in [1.82, 2.24) is 4.90 Å². The van der Waals surface area contributed by atoms with Crippen molar-refractivity contribution in [3.63, 3.8) is 0 Å². The maximum absolute atomic E-state index is 12.4. The van der Waals surface area contributed by atoms with Crippen LogP contribution >= 0.6 is 0 Å². The number of hydrogen-bond acceptors (Lipinski definition) is 4. The van der Waals surface area contributed by atoms with E-state index in [0.717, 1.165) is 25.7 Å². The van der Waals surface area contributed by atoms with Gasteiger partial charge in [-0.2, -0.15) is 0 Å². The highest BCUT2D eigenvalue weighted by molar-refractivity contribution is 5.95. The molecule has 0 atom stereocenters. The van der Waals surface area contributed by atoms with Gasteiger partial charge in [0, 0.05) is 19.2 Å². The first kappa shape index (κ1) is 17.1. The lowest BCUT2D eigenvalue weighted by atomic mass is 10.1. The number of carbonyl (C=O) groups is 2. The van der Waals surface area contributed by atoms with Crippen LogP contribution < -0.4 is 9.47 Å². The molecule has 0 aliphatic heterocycles. The van der Waals surface area contributed by atoms with Crippen molar-refractivity contribution in [3.8, 4) is 11.5 Å². The Kier molecular flexibility index (Phi) is 5.84. The molecule has 1 N–H and O–H groups in total. The molecule has 0 unspecified atom stereocenters. The lowest BCUT2D eigenvalue weighted by molar-refractivity contribution is -0.137. The van der Waals surface area contributed by atoms with Crippen LogP contribution in [0.5, 0.6) is 11.5 Å². The summed E-state index contributed by atoms with van der Waals surface area (Å²) in [4.78, 5) is 24.4. The second-order valence-corrected chi connectivity index (χ2v) is 5.76. The molecule has 0 heterocycles. The van der Waals surface area contributed by atoms with Crippen LogP contribution in [0.2, 0.25) is 0 Å². The van der Waals surface area contributed by atoms with E-state index in [-0.39, 0.29) is 25.0 Å². The van der Waals surface area contributed by atoms with E-state index in [9.17, 15) is 9.59 Å². The Balaban J connectivity index is 2.12. The molecule has 6 heteroatoms. The van der Waals surface area contributed by atoms with Crippen molar-refractivity contribution in [2.75, 3.05) is 20.7 Å². The van der Waals surface area contributed by atoms with E-state index in [2.05, 4.69) is 0 Å². The van der Waals surface area contributed by atoms with Crippen LogP contribution in [0, 0.1) is 0 Å². The second kappa shape index (κ2) is 7.85. The summed E-state index contributed by atoms with van der Waals surface area (Å²) < 4.78 is 11.3. The molecule has 0 saturated heterocycles. The van der Waals surface area contributed by atoms with E-state index in [1.165, 1.54) is 4.90 Å². The van der Waals surface area contributed by atoms with Crippen molar-refractivity contribution in [2.24, 2.45) is 0 Å². The van der Waals surface area contributed by atoms with Gasteiger partial charge in [0.25, 0.3) is 5.91 Å². The van der Waals surface area contributed by atoms with Crippen LogP contribution in [0.1, 0.15) is 42.5 Å². The summed E-state index contributed by atoms with van der Waals surface area (Å²) in [6.07, 6.45) is 4.43. The first-order valence-corrected chi connectivity index (χ1v) is 7.83. The zero-order valence-corrected chi connectivity index (χ0v) is 13.6. The Hall–Kier alpha value is -2.24. The fraction of sp³-hybridized carbons (Fsp3) is 0.529. The van der Waals surface area contributed by atoms with Crippen LogP contribution in [0.4, 0.5) is 0 Å². The fourth-order valence-corrected chi connectivity index (χ4v) is 2.67. The molecule has 0 aromatic heterocycles. The van der Waals surface area contributed by atoms with Crippen LogP contribution in [-0.2, 0) is 4.79 Å². The van der Waals surface area contributed by atoms with Crippen LogP contribution in [0.3, 0.4) is 0 Å². The van der Waals surface area contributed by atoms with E-state index in [0.29, 0.717) is 17.1 Å². The molecular formula is C17H23NO5. The molecule has 1 aliphatic carbocycles. The molecule has 23 heavy (non-hydrogen) atoms. The quantitative estimate of drug-likeness (QED) is 0.835. The summed E-state index contributed by atoms with van der Waals surface area (Å²) in [7, 11) is 3.16. The van der Waals surface area contributed by atoms with E-state index in [4.69, 9.17) is 14.6 Å². The molecule has 1 fully saturated rings. The molecular weight excluding hydrogens is 298 g/mol. The lowest BCUT2D eigenvalue weighted by Crippen LogP contribution is -2.29. The highest BCUT2D eigenvalue weighted by atomic mass is 16.5. The molecule has 1 aromatic rings. The highest BCUT2D eigenvalue weighted by Crippen LogP contribution is 2.32. The van der Waals surface area contributed by atoms with Crippen molar-refractivity contribution >= 4 is 11.9 Å². The van der Waals surface area contributed by atoms with Crippen LogP contribution in [0.15, 0.2) is 18.2 Å². The molecule has 2 rings (SSSR count). The Bertz CT molecular complexity index is 566. The van der Waals surface area contributed by atoms with Crippen LogP contribution in [-0.4, -0.2) is 48.7 Å². The van der Waals surface area contributed by atoms with Crippen molar-refractivity contribution < 1.29 is 24.2 Å². The molecule has 0 bridgehead atoms. The summed E-state index contributed by atoms with van der Waals surface area (Å²) >= 11 is 0. The third-order valence-electron chi connectivity index (χ3n) is 4.01. The summed E-state index contributed by atoms with van der Waals surface area (Å²) in [5, 5.41) is 8.71. The Morgan fingerprint density at radius 1 is 1.26 bits per heavy atom. The molecule has 1 aliphatic rings. The minimum Gasteiger partial charge on any atom is -0.493 e. The number of carboxylic acid groups (broad SMARTS) is 1. The Morgan fingerprint density at radius 2 is 1.96 bits per heavy atom.